The number of ether oxygens (including phenoxy) is 1. The summed E-state index contributed by atoms with van der Waals surface area (Å²) in [5, 5.41) is 8.62. The molecule has 0 saturated carbocycles. The number of halogens is 1. The molecule has 0 bridgehead atoms. The van der Waals surface area contributed by atoms with E-state index < -0.39 is 0 Å². The molecule has 0 unspecified atom stereocenters. The number of hydrogen-bond acceptors (Lipinski definition) is 4. The Balaban J connectivity index is 2.09. The summed E-state index contributed by atoms with van der Waals surface area (Å²) in [5.74, 6) is 0.264. The summed E-state index contributed by atoms with van der Waals surface area (Å²) in [5.41, 5.74) is 4.14. The SMILES string of the molecule is COc1cc(Cl)c(C)cc1NC(=O)c1cc(C)nc2c1c(C)nn2C. The number of nitrogens with one attached hydrogen (secondary N) is 1. The van der Waals surface area contributed by atoms with Crippen LogP contribution in [0.15, 0.2) is 18.2 Å². The summed E-state index contributed by atoms with van der Waals surface area (Å²) in [6.45, 7) is 5.59. The third-order valence-electron chi connectivity index (χ3n) is 4.07. The highest BCUT2D eigenvalue weighted by Gasteiger charge is 2.19. The molecule has 0 radical (unpaired) electrons. The second-order valence-electron chi connectivity index (χ2n) is 5.97. The zero-order valence-electron chi connectivity index (χ0n) is 14.8. The number of rotatable bonds is 3. The Bertz CT molecular complexity index is 995. The van der Waals surface area contributed by atoms with Gasteiger partial charge in [-0.3, -0.25) is 9.48 Å². The molecule has 6 nitrogen and oxygen atoms in total. The van der Waals surface area contributed by atoms with Crippen molar-refractivity contribution in [2.24, 2.45) is 7.05 Å². The molecule has 0 aliphatic carbocycles. The van der Waals surface area contributed by atoms with Crippen molar-refractivity contribution in [1.29, 1.82) is 0 Å². The number of amides is 1. The number of pyridine rings is 1. The average Bonchev–Trinajstić information content (AvgIpc) is 2.84. The van der Waals surface area contributed by atoms with Crippen LogP contribution in [0.5, 0.6) is 5.75 Å². The van der Waals surface area contributed by atoms with Crippen LogP contribution in [-0.2, 0) is 7.05 Å². The third kappa shape index (κ3) is 3.05. The van der Waals surface area contributed by atoms with Gasteiger partial charge in [0.15, 0.2) is 5.65 Å². The van der Waals surface area contributed by atoms with Crippen LogP contribution in [-0.4, -0.2) is 27.8 Å². The van der Waals surface area contributed by atoms with Crippen LogP contribution in [0.3, 0.4) is 0 Å². The van der Waals surface area contributed by atoms with Gasteiger partial charge >= 0.3 is 0 Å². The molecule has 2 heterocycles. The smallest absolute Gasteiger partial charge is 0.256 e. The van der Waals surface area contributed by atoms with E-state index in [0.29, 0.717) is 27.7 Å². The lowest BCUT2D eigenvalue weighted by atomic mass is 10.1. The Morgan fingerprint density at radius 3 is 2.64 bits per heavy atom. The predicted octanol–water partition coefficient (Wildman–Crippen LogP) is 3.81. The molecule has 1 N–H and O–H groups in total. The first-order chi connectivity index (χ1) is 11.8. The van der Waals surface area contributed by atoms with Crippen molar-refractivity contribution in [2.45, 2.75) is 20.8 Å². The van der Waals surface area contributed by atoms with Gasteiger partial charge in [0.2, 0.25) is 0 Å². The number of anilines is 1. The maximum absolute atomic E-state index is 12.9. The highest BCUT2D eigenvalue weighted by molar-refractivity contribution is 6.31. The van der Waals surface area contributed by atoms with Crippen molar-refractivity contribution in [3.63, 3.8) is 0 Å². The quantitative estimate of drug-likeness (QED) is 0.773. The predicted molar refractivity (Wildman–Crippen MR) is 98.7 cm³/mol. The van der Waals surface area contributed by atoms with E-state index >= 15 is 0 Å². The molecule has 3 aromatic rings. The lowest BCUT2D eigenvalue weighted by molar-refractivity contribution is 0.102. The van der Waals surface area contributed by atoms with Gasteiger partial charge in [-0.2, -0.15) is 5.10 Å². The first-order valence-corrected chi connectivity index (χ1v) is 8.16. The summed E-state index contributed by atoms with van der Waals surface area (Å²) in [7, 11) is 3.35. The molecule has 130 valence electrons. The Morgan fingerprint density at radius 1 is 1.24 bits per heavy atom. The molecular formula is C18H19ClN4O2. The average molecular weight is 359 g/mol. The summed E-state index contributed by atoms with van der Waals surface area (Å²) in [4.78, 5) is 17.4. The van der Waals surface area contributed by atoms with Gasteiger partial charge in [-0.25, -0.2) is 4.98 Å². The second-order valence-corrected chi connectivity index (χ2v) is 6.38. The molecule has 0 saturated heterocycles. The minimum atomic E-state index is -0.244. The second kappa shape index (κ2) is 6.37. The van der Waals surface area contributed by atoms with Crippen LogP contribution >= 0.6 is 11.6 Å². The van der Waals surface area contributed by atoms with Gasteiger partial charge in [-0.1, -0.05) is 11.6 Å². The number of benzene rings is 1. The normalized spacial score (nSPS) is 11.0. The number of methoxy groups -OCH3 is 1. The molecule has 0 fully saturated rings. The maximum Gasteiger partial charge on any atom is 0.256 e. The fraction of sp³-hybridized carbons (Fsp3) is 0.278. The van der Waals surface area contributed by atoms with Gasteiger partial charge in [-0.05, 0) is 38.5 Å². The number of carbonyl (C=O) groups is 1. The molecule has 1 amide bonds. The Hall–Kier alpha value is -2.60. The summed E-state index contributed by atoms with van der Waals surface area (Å²) in [6, 6.07) is 5.25. The monoisotopic (exact) mass is 358 g/mol. The molecule has 7 heteroatoms. The molecule has 1 aromatic carbocycles. The van der Waals surface area contributed by atoms with Crippen LogP contribution in [0.25, 0.3) is 11.0 Å². The maximum atomic E-state index is 12.9. The van der Waals surface area contributed by atoms with Crippen LogP contribution in [0.1, 0.15) is 27.3 Å². The molecule has 0 spiro atoms. The molecule has 0 aliphatic heterocycles. The van der Waals surface area contributed by atoms with Crippen LogP contribution in [0.4, 0.5) is 5.69 Å². The fourth-order valence-corrected chi connectivity index (χ4v) is 3.02. The van der Waals surface area contributed by atoms with Crippen LogP contribution < -0.4 is 10.1 Å². The molecule has 2 aromatic heterocycles. The zero-order chi connectivity index (χ0) is 18.3. The van der Waals surface area contributed by atoms with Crippen molar-refractivity contribution >= 4 is 34.2 Å². The van der Waals surface area contributed by atoms with Crippen molar-refractivity contribution in [3.05, 3.63) is 45.7 Å². The van der Waals surface area contributed by atoms with E-state index in [2.05, 4.69) is 15.4 Å². The Labute approximate surface area is 150 Å². The van der Waals surface area contributed by atoms with E-state index in [4.69, 9.17) is 16.3 Å². The van der Waals surface area contributed by atoms with E-state index in [1.807, 2.05) is 27.8 Å². The van der Waals surface area contributed by atoms with Gasteiger partial charge in [0.1, 0.15) is 5.75 Å². The van der Waals surface area contributed by atoms with Crippen molar-refractivity contribution in [3.8, 4) is 5.75 Å². The highest BCUT2D eigenvalue weighted by Crippen LogP contribution is 2.32. The largest absolute Gasteiger partial charge is 0.495 e. The lowest BCUT2D eigenvalue weighted by Gasteiger charge is -2.13. The van der Waals surface area contributed by atoms with Crippen molar-refractivity contribution in [1.82, 2.24) is 14.8 Å². The minimum absolute atomic E-state index is 0.244. The number of fused-ring (bicyclic) bond motifs is 1. The van der Waals surface area contributed by atoms with Crippen molar-refractivity contribution < 1.29 is 9.53 Å². The van der Waals surface area contributed by atoms with E-state index in [1.54, 1.807) is 22.9 Å². The number of carbonyl (C=O) groups excluding carboxylic acids is 1. The summed E-state index contributed by atoms with van der Waals surface area (Å²) in [6.07, 6.45) is 0. The molecular weight excluding hydrogens is 340 g/mol. The molecule has 25 heavy (non-hydrogen) atoms. The standard InChI is InChI=1S/C18H19ClN4O2/c1-9-6-14(15(25-5)8-13(9)19)21-18(24)12-7-10(2)20-17-16(12)11(3)22-23(17)4/h6-8H,1-5H3,(H,21,24). The third-order valence-corrected chi connectivity index (χ3v) is 4.48. The molecule has 0 atom stereocenters. The minimum Gasteiger partial charge on any atom is -0.495 e. The van der Waals surface area contributed by atoms with Gasteiger partial charge in [-0.15, -0.1) is 0 Å². The van der Waals surface area contributed by atoms with E-state index in [1.165, 1.54) is 7.11 Å². The molecule has 3 rings (SSSR count). The van der Waals surface area contributed by atoms with E-state index in [0.717, 1.165) is 22.3 Å². The lowest BCUT2D eigenvalue weighted by Crippen LogP contribution is -2.14. The van der Waals surface area contributed by atoms with Crippen molar-refractivity contribution in [2.75, 3.05) is 12.4 Å². The fourth-order valence-electron chi connectivity index (χ4n) is 2.87. The molecule has 0 aliphatic rings. The first-order valence-electron chi connectivity index (χ1n) is 7.78. The van der Waals surface area contributed by atoms with E-state index in [9.17, 15) is 4.79 Å². The van der Waals surface area contributed by atoms with Gasteiger partial charge in [0.25, 0.3) is 5.91 Å². The number of aryl methyl sites for hydroxylation is 4. The van der Waals surface area contributed by atoms with Gasteiger partial charge in [0, 0.05) is 23.8 Å². The number of aromatic nitrogens is 3. The van der Waals surface area contributed by atoms with Gasteiger partial charge < -0.3 is 10.1 Å². The zero-order valence-corrected chi connectivity index (χ0v) is 15.5. The Kier molecular flexibility index (Phi) is 4.39. The highest BCUT2D eigenvalue weighted by atomic mass is 35.5. The summed E-state index contributed by atoms with van der Waals surface area (Å²) < 4.78 is 7.01. The summed E-state index contributed by atoms with van der Waals surface area (Å²) >= 11 is 6.13. The number of nitrogens with zero attached hydrogens (tertiary/aromatic N) is 3. The first kappa shape index (κ1) is 17.2. The van der Waals surface area contributed by atoms with Gasteiger partial charge in [0.05, 0.1) is 29.4 Å². The van der Waals surface area contributed by atoms with Crippen LogP contribution in [0, 0.1) is 20.8 Å². The topological polar surface area (TPSA) is 69.0 Å². The number of hydrogen-bond donors (Lipinski definition) is 1. The van der Waals surface area contributed by atoms with Crippen LogP contribution in [0.2, 0.25) is 5.02 Å². The van der Waals surface area contributed by atoms with E-state index in [-0.39, 0.29) is 5.91 Å². The Morgan fingerprint density at radius 2 is 1.96 bits per heavy atom.